The van der Waals surface area contributed by atoms with Crippen molar-refractivity contribution in [3.8, 4) is 0 Å². The summed E-state index contributed by atoms with van der Waals surface area (Å²) in [6, 6.07) is 0. The van der Waals surface area contributed by atoms with Crippen LogP contribution in [0.5, 0.6) is 0 Å². The van der Waals surface area contributed by atoms with E-state index in [-0.39, 0.29) is 6.10 Å². The molecule has 0 aromatic carbocycles. The second kappa shape index (κ2) is 2.59. The maximum absolute atomic E-state index is 9.64. The van der Waals surface area contributed by atoms with Crippen molar-refractivity contribution in [1.82, 2.24) is 0 Å². The number of hydrogen-bond donors (Lipinski definition) is 1. The highest BCUT2D eigenvalue weighted by Gasteiger charge is 2.32. The Hall–Kier alpha value is -0.300. The van der Waals surface area contributed by atoms with Gasteiger partial charge in [0.05, 0.1) is 6.10 Å². The van der Waals surface area contributed by atoms with Crippen molar-refractivity contribution in [2.75, 3.05) is 0 Å². The van der Waals surface area contributed by atoms with Crippen molar-refractivity contribution in [3.05, 3.63) is 11.1 Å². The standard InChI is InChI=1S/C11H18O/c1-11(2)6-5-9-8(7-11)3-4-10(9)12/h10,12H,3-7H2,1-2H3/t10-/m1/s1. The van der Waals surface area contributed by atoms with E-state index in [9.17, 15) is 5.11 Å². The molecule has 2 aliphatic carbocycles. The summed E-state index contributed by atoms with van der Waals surface area (Å²) in [5.41, 5.74) is 3.44. The van der Waals surface area contributed by atoms with Crippen LogP contribution < -0.4 is 0 Å². The van der Waals surface area contributed by atoms with Gasteiger partial charge in [0.1, 0.15) is 0 Å². The molecule has 2 rings (SSSR count). The fourth-order valence-electron chi connectivity index (χ4n) is 2.57. The topological polar surface area (TPSA) is 20.2 Å². The first-order valence-electron chi connectivity index (χ1n) is 4.97. The summed E-state index contributed by atoms with van der Waals surface area (Å²) in [4.78, 5) is 0. The largest absolute Gasteiger partial charge is 0.389 e. The molecule has 1 N–H and O–H groups in total. The van der Waals surface area contributed by atoms with E-state index in [4.69, 9.17) is 0 Å². The van der Waals surface area contributed by atoms with E-state index in [1.54, 1.807) is 5.57 Å². The van der Waals surface area contributed by atoms with Crippen molar-refractivity contribution < 1.29 is 5.11 Å². The molecule has 0 heterocycles. The van der Waals surface area contributed by atoms with Gasteiger partial charge in [-0.25, -0.2) is 0 Å². The molecule has 1 nitrogen and oxygen atoms in total. The Bertz CT molecular complexity index is 225. The number of aliphatic hydroxyl groups excluding tert-OH is 1. The molecular formula is C11H18O. The molecule has 1 atom stereocenters. The third kappa shape index (κ3) is 1.31. The summed E-state index contributed by atoms with van der Waals surface area (Å²) in [5, 5.41) is 9.64. The van der Waals surface area contributed by atoms with Crippen LogP contribution in [0, 0.1) is 5.41 Å². The Morgan fingerprint density at radius 3 is 2.83 bits per heavy atom. The highest BCUT2D eigenvalue weighted by molar-refractivity contribution is 5.27. The van der Waals surface area contributed by atoms with Crippen LogP contribution in [0.2, 0.25) is 0 Å². The van der Waals surface area contributed by atoms with Crippen LogP contribution in [0.4, 0.5) is 0 Å². The first-order valence-corrected chi connectivity index (χ1v) is 4.97. The average molecular weight is 166 g/mol. The lowest BCUT2D eigenvalue weighted by Gasteiger charge is -2.31. The van der Waals surface area contributed by atoms with Gasteiger partial charge in [-0.3, -0.25) is 0 Å². The molecule has 2 aliphatic rings. The molecule has 0 saturated heterocycles. The third-order valence-electron chi connectivity index (χ3n) is 3.34. The summed E-state index contributed by atoms with van der Waals surface area (Å²) in [7, 11) is 0. The van der Waals surface area contributed by atoms with Crippen LogP contribution in [-0.4, -0.2) is 11.2 Å². The van der Waals surface area contributed by atoms with Crippen LogP contribution in [-0.2, 0) is 0 Å². The monoisotopic (exact) mass is 166 g/mol. The molecule has 0 aromatic heterocycles. The van der Waals surface area contributed by atoms with Crippen LogP contribution in [0.3, 0.4) is 0 Å². The van der Waals surface area contributed by atoms with E-state index < -0.39 is 0 Å². The Balaban J connectivity index is 2.20. The molecule has 0 saturated carbocycles. The number of hydrogen-bond acceptors (Lipinski definition) is 1. The lowest BCUT2D eigenvalue weighted by atomic mass is 9.75. The van der Waals surface area contributed by atoms with Crippen molar-refractivity contribution in [2.45, 2.75) is 52.1 Å². The molecule has 12 heavy (non-hydrogen) atoms. The van der Waals surface area contributed by atoms with Gasteiger partial charge in [-0.1, -0.05) is 19.4 Å². The van der Waals surface area contributed by atoms with Crippen LogP contribution in [0.25, 0.3) is 0 Å². The second-order valence-corrected chi connectivity index (χ2v) is 5.02. The van der Waals surface area contributed by atoms with Crippen LogP contribution in [0.15, 0.2) is 11.1 Å². The first kappa shape index (κ1) is 8.31. The molecule has 0 radical (unpaired) electrons. The molecule has 0 aliphatic heterocycles. The quantitative estimate of drug-likeness (QED) is 0.548. The molecule has 0 amide bonds. The molecule has 0 aromatic rings. The van der Waals surface area contributed by atoms with Crippen LogP contribution in [0.1, 0.15) is 46.0 Å². The summed E-state index contributed by atoms with van der Waals surface area (Å²) in [6.07, 6.45) is 5.67. The summed E-state index contributed by atoms with van der Waals surface area (Å²) >= 11 is 0. The number of aliphatic hydroxyl groups is 1. The maximum atomic E-state index is 9.64. The zero-order valence-electron chi connectivity index (χ0n) is 8.06. The summed E-state index contributed by atoms with van der Waals surface area (Å²) in [6.45, 7) is 4.67. The third-order valence-corrected chi connectivity index (χ3v) is 3.34. The molecule has 0 bridgehead atoms. The predicted molar refractivity (Wildman–Crippen MR) is 49.9 cm³/mol. The zero-order valence-corrected chi connectivity index (χ0v) is 8.06. The zero-order chi connectivity index (χ0) is 8.77. The molecule has 68 valence electrons. The van der Waals surface area contributed by atoms with E-state index in [0.717, 1.165) is 19.3 Å². The lowest BCUT2D eigenvalue weighted by molar-refractivity contribution is 0.201. The second-order valence-electron chi connectivity index (χ2n) is 5.02. The van der Waals surface area contributed by atoms with Gasteiger partial charge in [-0.05, 0) is 43.1 Å². The van der Waals surface area contributed by atoms with Crippen molar-refractivity contribution in [2.24, 2.45) is 5.41 Å². The van der Waals surface area contributed by atoms with Crippen molar-refractivity contribution >= 4 is 0 Å². The van der Waals surface area contributed by atoms with Gasteiger partial charge in [0.25, 0.3) is 0 Å². The minimum absolute atomic E-state index is 0.0869. The molecule has 0 spiro atoms. The molecule has 0 fully saturated rings. The summed E-state index contributed by atoms with van der Waals surface area (Å²) < 4.78 is 0. The van der Waals surface area contributed by atoms with Crippen molar-refractivity contribution in [3.63, 3.8) is 0 Å². The van der Waals surface area contributed by atoms with Gasteiger partial charge in [-0.15, -0.1) is 0 Å². The fraction of sp³-hybridized carbons (Fsp3) is 0.818. The summed E-state index contributed by atoms with van der Waals surface area (Å²) in [5.74, 6) is 0. The fourth-order valence-corrected chi connectivity index (χ4v) is 2.57. The van der Waals surface area contributed by atoms with E-state index in [0.29, 0.717) is 5.41 Å². The molecular weight excluding hydrogens is 148 g/mol. The average Bonchev–Trinajstić information content (AvgIpc) is 2.30. The first-order chi connectivity index (χ1) is 5.58. The van der Waals surface area contributed by atoms with E-state index in [2.05, 4.69) is 13.8 Å². The minimum Gasteiger partial charge on any atom is -0.389 e. The van der Waals surface area contributed by atoms with Gasteiger partial charge in [-0.2, -0.15) is 0 Å². The van der Waals surface area contributed by atoms with E-state index in [1.807, 2.05) is 0 Å². The minimum atomic E-state index is -0.0869. The number of rotatable bonds is 0. The highest BCUT2D eigenvalue weighted by Crippen LogP contribution is 2.45. The maximum Gasteiger partial charge on any atom is 0.0755 e. The lowest BCUT2D eigenvalue weighted by Crippen LogP contribution is -2.19. The normalized spacial score (nSPS) is 33.8. The van der Waals surface area contributed by atoms with Gasteiger partial charge in [0.2, 0.25) is 0 Å². The Morgan fingerprint density at radius 1 is 1.33 bits per heavy atom. The highest BCUT2D eigenvalue weighted by atomic mass is 16.3. The van der Waals surface area contributed by atoms with E-state index >= 15 is 0 Å². The Kier molecular flexibility index (Phi) is 1.80. The van der Waals surface area contributed by atoms with Gasteiger partial charge >= 0.3 is 0 Å². The van der Waals surface area contributed by atoms with Gasteiger partial charge in [0, 0.05) is 0 Å². The Labute approximate surface area is 74.5 Å². The molecule has 0 unspecified atom stereocenters. The van der Waals surface area contributed by atoms with Gasteiger partial charge < -0.3 is 5.11 Å². The predicted octanol–water partition coefficient (Wildman–Crippen LogP) is 2.65. The van der Waals surface area contributed by atoms with Gasteiger partial charge in [0.15, 0.2) is 0 Å². The number of allylic oxidation sites excluding steroid dienone is 1. The molecule has 1 heteroatoms. The van der Waals surface area contributed by atoms with E-state index in [1.165, 1.54) is 18.4 Å². The SMILES string of the molecule is CC1(C)CCC2=C(CC[C@H]2O)C1. The van der Waals surface area contributed by atoms with Crippen molar-refractivity contribution in [1.29, 1.82) is 0 Å². The smallest absolute Gasteiger partial charge is 0.0755 e. The Morgan fingerprint density at radius 2 is 2.08 bits per heavy atom. The van der Waals surface area contributed by atoms with Crippen LogP contribution >= 0.6 is 0 Å².